The number of benzene rings is 2. The number of para-hydroxylation sites is 1. The number of nitrogens with zero attached hydrogens (tertiary/aromatic N) is 2. The van der Waals surface area contributed by atoms with Crippen molar-refractivity contribution in [1.29, 1.82) is 0 Å². The Kier molecular flexibility index (Phi) is 7.40. The fraction of sp³-hybridized carbons (Fsp3) is 0.259. The first kappa shape index (κ1) is 26.7. The van der Waals surface area contributed by atoms with Gasteiger partial charge in [-0.25, -0.2) is 0 Å². The highest BCUT2D eigenvalue weighted by molar-refractivity contribution is 7.09. The second-order valence-electron chi connectivity index (χ2n) is 9.67. The van der Waals surface area contributed by atoms with Gasteiger partial charge in [0, 0.05) is 33.9 Å². The van der Waals surface area contributed by atoms with Gasteiger partial charge in [0.2, 0.25) is 5.91 Å². The quantitative estimate of drug-likeness (QED) is 0.268. The van der Waals surface area contributed by atoms with Crippen LogP contribution in [0.5, 0.6) is 5.75 Å². The van der Waals surface area contributed by atoms with Crippen LogP contribution in [0.25, 0.3) is 10.9 Å². The lowest BCUT2D eigenvalue weighted by molar-refractivity contribution is -0.123. The van der Waals surface area contributed by atoms with Crippen molar-refractivity contribution in [2.24, 2.45) is 5.73 Å². The van der Waals surface area contributed by atoms with Gasteiger partial charge in [0.15, 0.2) is 5.69 Å². The second kappa shape index (κ2) is 10.5. The Morgan fingerprint density at radius 3 is 2.42 bits per heavy atom. The Morgan fingerprint density at radius 2 is 1.82 bits per heavy atom. The molecule has 2 heterocycles. The first-order valence-corrected chi connectivity index (χ1v) is 12.8. The normalized spacial score (nSPS) is 12.2. The predicted octanol–water partition coefficient (Wildman–Crippen LogP) is 4.01. The molecule has 0 fully saturated rings. The van der Waals surface area contributed by atoms with E-state index in [4.69, 9.17) is 16.2 Å². The van der Waals surface area contributed by atoms with Crippen molar-refractivity contribution in [2.45, 2.75) is 39.3 Å². The van der Waals surface area contributed by atoms with Gasteiger partial charge in [-0.2, -0.15) is 4.37 Å². The zero-order valence-electron chi connectivity index (χ0n) is 21.6. The van der Waals surface area contributed by atoms with Crippen LogP contribution in [0.4, 0.5) is 11.4 Å². The molecule has 3 amide bonds. The van der Waals surface area contributed by atoms with Gasteiger partial charge in [-0.05, 0) is 69.6 Å². The molecule has 0 spiro atoms. The molecule has 4 aromatic rings. The van der Waals surface area contributed by atoms with Gasteiger partial charge in [0.25, 0.3) is 11.8 Å². The second-order valence-corrected chi connectivity index (χ2v) is 10.4. The molecule has 4 rings (SSSR count). The third kappa shape index (κ3) is 5.32. The summed E-state index contributed by atoms with van der Waals surface area (Å²) in [4.78, 5) is 44.5. The summed E-state index contributed by atoms with van der Waals surface area (Å²) in [6, 6.07) is 13.2. The number of nitrogen functional groups attached to an aromatic ring is 1. The van der Waals surface area contributed by atoms with Gasteiger partial charge in [0.1, 0.15) is 16.7 Å². The SMILES string of the molecule is CCOc1ccc(N(C(=O)c2snc(C(N)=O)c2N)[C@@H](C(=O)NC(C)(C)C)c2c[nH]c3ccccc23)cc1. The van der Waals surface area contributed by atoms with E-state index in [0.29, 0.717) is 23.6 Å². The number of nitrogens with two attached hydrogens (primary N) is 2. The molecule has 198 valence electrons. The molecule has 0 saturated carbocycles. The fourth-order valence-corrected chi connectivity index (χ4v) is 4.89. The summed E-state index contributed by atoms with van der Waals surface area (Å²) >= 11 is 0.759. The van der Waals surface area contributed by atoms with Crippen LogP contribution in [-0.2, 0) is 4.79 Å². The molecule has 11 heteroatoms. The minimum absolute atomic E-state index is 0.00100. The number of nitrogens with one attached hydrogen (secondary N) is 2. The van der Waals surface area contributed by atoms with Gasteiger partial charge < -0.3 is 26.5 Å². The van der Waals surface area contributed by atoms with Crippen molar-refractivity contribution in [2.75, 3.05) is 17.2 Å². The number of aromatic nitrogens is 2. The lowest BCUT2D eigenvalue weighted by Crippen LogP contribution is -2.49. The number of hydrogen-bond donors (Lipinski definition) is 4. The number of aromatic amines is 1. The Balaban J connectivity index is 1.94. The van der Waals surface area contributed by atoms with Crippen molar-refractivity contribution < 1.29 is 19.1 Å². The Morgan fingerprint density at radius 1 is 1.13 bits per heavy atom. The number of rotatable bonds is 8. The van der Waals surface area contributed by atoms with Crippen molar-refractivity contribution in [3.63, 3.8) is 0 Å². The predicted molar refractivity (Wildman–Crippen MR) is 148 cm³/mol. The van der Waals surface area contributed by atoms with Crippen LogP contribution >= 0.6 is 11.5 Å². The van der Waals surface area contributed by atoms with E-state index in [1.54, 1.807) is 30.5 Å². The Labute approximate surface area is 224 Å². The average molecular weight is 535 g/mol. The molecule has 2 aromatic heterocycles. The van der Waals surface area contributed by atoms with Crippen LogP contribution in [0.1, 0.15) is 59.5 Å². The van der Waals surface area contributed by atoms with Crippen molar-refractivity contribution in [1.82, 2.24) is 14.7 Å². The smallest absolute Gasteiger partial charge is 0.273 e. The fourth-order valence-electron chi connectivity index (χ4n) is 4.15. The molecular formula is C27H30N6O4S. The highest BCUT2D eigenvalue weighted by Gasteiger charge is 2.38. The summed E-state index contributed by atoms with van der Waals surface area (Å²) in [7, 11) is 0. The number of carbonyl (C=O) groups is 3. The lowest BCUT2D eigenvalue weighted by Gasteiger charge is -2.33. The highest BCUT2D eigenvalue weighted by atomic mass is 32.1. The number of primary amides is 1. The molecule has 0 aliphatic rings. The van der Waals surface area contributed by atoms with Crippen LogP contribution in [0, 0.1) is 0 Å². The number of fused-ring (bicyclic) bond motifs is 1. The van der Waals surface area contributed by atoms with Gasteiger partial charge in [-0.15, -0.1) is 0 Å². The molecule has 0 bridgehead atoms. The molecule has 2 aromatic carbocycles. The van der Waals surface area contributed by atoms with Crippen LogP contribution < -0.4 is 26.4 Å². The maximum atomic E-state index is 14.2. The van der Waals surface area contributed by atoms with Crippen LogP contribution in [0.2, 0.25) is 0 Å². The zero-order chi connectivity index (χ0) is 27.6. The van der Waals surface area contributed by atoms with Crippen LogP contribution in [0.15, 0.2) is 54.7 Å². The van der Waals surface area contributed by atoms with E-state index in [1.165, 1.54) is 4.90 Å². The number of carbonyl (C=O) groups excluding carboxylic acids is 3. The van der Waals surface area contributed by atoms with E-state index >= 15 is 0 Å². The first-order valence-electron chi connectivity index (χ1n) is 12.0. The summed E-state index contributed by atoms with van der Waals surface area (Å²) in [6.45, 7) is 7.93. The van der Waals surface area contributed by atoms with E-state index in [1.807, 2.05) is 52.0 Å². The summed E-state index contributed by atoms with van der Waals surface area (Å²) in [5.74, 6) is -1.23. The van der Waals surface area contributed by atoms with E-state index in [-0.39, 0.29) is 16.3 Å². The third-order valence-corrected chi connectivity index (χ3v) is 6.57. The molecular weight excluding hydrogens is 504 g/mol. The summed E-state index contributed by atoms with van der Waals surface area (Å²) < 4.78 is 9.57. The van der Waals surface area contributed by atoms with Crippen LogP contribution in [0.3, 0.4) is 0 Å². The Hall–Kier alpha value is -4.38. The van der Waals surface area contributed by atoms with Gasteiger partial charge in [-0.1, -0.05) is 18.2 Å². The molecule has 38 heavy (non-hydrogen) atoms. The maximum absolute atomic E-state index is 14.2. The van der Waals surface area contributed by atoms with E-state index in [9.17, 15) is 14.4 Å². The third-order valence-electron chi connectivity index (χ3n) is 5.72. The van der Waals surface area contributed by atoms with Gasteiger partial charge >= 0.3 is 0 Å². The summed E-state index contributed by atoms with van der Waals surface area (Å²) in [5, 5.41) is 3.79. The van der Waals surface area contributed by atoms with Crippen molar-refractivity contribution in [3.05, 3.63) is 70.9 Å². The topological polar surface area (TPSA) is 156 Å². The number of ether oxygens (including phenoxy) is 1. The highest BCUT2D eigenvalue weighted by Crippen LogP contribution is 2.36. The molecule has 0 saturated heterocycles. The number of amides is 3. The maximum Gasteiger partial charge on any atom is 0.273 e. The average Bonchev–Trinajstić information content (AvgIpc) is 3.45. The van der Waals surface area contributed by atoms with E-state index in [0.717, 1.165) is 22.4 Å². The molecule has 10 nitrogen and oxygen atoms in total. The summed E-state index contributed by atoms with van der Waals surface area (Å²) in [6.07, 6.45) is 1.72. The Bertz CT molecular complexity index is 1490. The molecule has 0 aliphatic heterocycles. The monoisotopic (exact) mass is 534 g/mol. The zero-order valence-corrected chi connectivity index (χ0v) is 22.4. The number of hydrogen-bond acceptors (Lipinski definition) is 7. The van der Waals surface area contributed by atoms with Gasteiger partial charge in [0.05, 0.1) is 12.3 Å². The van der Waals surface area contributed by atoms with Gasteiger partial charge in [-0.3, -0.25) is 19.3 Å². The van der Waals surface area contributed by atoms with E-state index in [2.05, 4.69) is 14.7 Å². The molecule has 0 unspecified atom stereocenters. The molecule has 0 aliphatic carbocycles. The number of H-pyrrole nitrogens is 1. The van der Waals surface area contributed by atoms with Crippen LogP contribution in [-0.4, -0.2) is 39.2 Å². The lowest BCUT2D eigenvalue weighted by atomic mass is 9.99. The minimum atomic E-state index is -1.10. The number of anilines is 2. The molecule has 6 N–H and O–H groups in total. The largest absolute Gasteiger partial charge is 0.494 e. The molecule has 1 atom stereocenters. The standard InChI is InChI=1S/C27H30N6O4S/c1-5-37-16-12-10-15(11-13-16)33(26(36)23-20(28)21(24(29)34)32-38-23)22(25(35)31-27(2,3)4)18-14-30-19-9-7-6-8-17(18)19/h6-14,22,30H,5,28H2,1-4H3,(H2,29,34)(H,31,35)/t22-/m1/s1. The summed E-state index contributed by atoms with van der Waals surface area (Å²) in [5.41, 5.74) is 12.5. The van der Waals surface area contributed by atoms with Crippen molar-refractivity contribution >= 4 is 51.5 Å². The first-order chi connectivity index (χ1) is 18.0. The minimum Gasteiger partial charge on any atom is -0.494 e. The van der Waals surface area contributed by atoms with E-state index < -0.39 is 29.3 Å². The van der Waals surface area contributed by atoms with Crippen molar-refractivity contribution in [3.8, 4) is 5.75 Å². The molecule has 0 radical (unpaired) electrons.